The molecule has 0 saturated heterocycles. The number of benzene rings is 5. The molecule has 0 aliphatic carbocycles. The fraction of sp³-hybridized carbons (Fsp3) is 0.179. The molecule has 14 heteroatoms. The minimum atomic E-state index is -5.80. The van der Waals surface area contributed by atoms with Gasteiger partial charge in [-0.2, -0.15) is 8.78 Å². The quantitative estimate of drug-likeness (QED) is 0.0557. The number of alkyl halides is 2. The summed E-state index contributed by atoms with van der Waals surface area (Å²) in [5.41, 5.74) is -2.96. The molecule has 1 aromatic heterocycles. The van der Waals surface area contributed by atoms with Gasteiger partial charge < -0.3 is 24.4 Å². The summed E-state index contributed by atoms with van der Waals surface area (Å²) >= 11 is 0. The number of esters is 1. The number of ether oxygens (including phenoxy) is 2. The Balaban J connectivity index is 1.36. The average molecular weight is 743 g/mol. The van der Waals surface area contributed by atoms with Crippen LogP contribution in [0.3, 0.4) is 0 Å². The number of carbonyl (C=O) groups excluding carboxylic acids is 1. The predicted molar refractivity (Wildman–Crippen MR) is 190 cm³/mol. The van der Waals surface area contributed by atoms with Crippen molar-refractivity contribution < 1.29 is 52.0 Å². The summed E-state index contributed by atoms with van der Waals surface area (Å²) in [7, 11) is -5.80. The summed E-state index contributed by atoms with van der Waals surface area (Å²) in [5.74, 6) is -1.38. The zero-order chi connectivity index (χ0) is 38.0. The summed E-state index contributed by atoms with van der Waals surface area (Å²) in [5, 5.41) is 17.0. The largest absolute Gasteiger partial charge is 0.491 e. The van der Waals surface area contributed by atoms with E-state index in [2.05, 4.69) is 10.3 Å². The molecule has 1 unspecified atom stereocenters. The molecule has 0 radical (unpaired) electrons. The molecule has 53 heavy (non-hydrogen) atoms. The van der Waals surface area contributed by atoms with Crippen LogP contribution in [-0.4, -0.2) is 43.2 Å². The standard InChI is InChI=1S/C39H34F2N3O8P/c1-25(2)52-33-21-29(20-30(22-33)36(45)46)28-16-12-27(13-17-28)24-51-37(47)38(31-8-4-3-5-9-31,44-35-11-7-6-10-34(35)42-43-44)23-26-14-18-32(19-15-26)39(40,41)53(48,49)50/h3-22,25H,23-24H2,1-2H3,(H3,45,46,48,49,50)/p+1. The molecule has 6 rings (SSSR count). The van der Waals surface area contributed by atoms with Gasteiger partial charge in [0, 0.05) is 22.6 Å². The first-order valence-corrected chi connectivity index (χ1v) is 18.1. The van der Waals surface area contributed by atoms with E-state index in [0.29, 0.717) is 44.6 Å². The van der Waals surface area contributed by atoms with E-state index in [1.165, 1.54) is 18.2 Å². The van der Waals surface area contributed by atoms with Crippen molar-refractivity contribution in [2.45, 2.75) is 44.2 Å². The molecule has 0 spiro atoms. The number of carbonyl (C=O) groups is 2. The lowest BCUT2D eigenvalue weighted by atomic mass is 9.83. The van der Waals surface area contributed by atoms with E-state index in [0.717, 1.165) is 12.1 Å². The Morgan fingerprint density at radius 2 is 1.47 bits per heavy atom. The van der Waals surface area contributed by atoms with Crippen LogP contribution >= 0.6 is 7.60 Å². The van der Waals surface area contributed by atoms with Gasteiger partial charge in [0.15, 0.2) is 0 Å². The highest BCUT2D eigenvalue weighted by molar-refractivity contribution is 7.52. The molecular weight excluding hydrogens is 707 g/mol. The molecule has 5 aromatic carbocycles. The van der Waals surface area contributed by atoms with Crippen molar-refractivity contribution in [3.8, 4) is 16.9 Å². The fourth-order valence-corrected chi connectivity index (χ4v) is 6.57. The number of halogens is 2. The Labute approximate surface area is 302 Å². The molecule has 0 aliphatic rings. The Morgan fingerprint density at radius 1 is 0.830 bits per heavy atom. The van der Waals surface area contributed by atoms with Crippen molar-refractivity contribution >= 4 is 30.6 Å². The molecule has 0 aliphatic heterocycles. The van der Waals surface area contributed by atoms with Crippen molar-refractivity contribution in [3.63, 3.8) is 0 Å². The predicted octanol–water partition coefficient (Wildman–Crippen LogP) is 6.96. The molecule has 0 bridgehead atoms. The average Bonchev–Trinajstić information content (AvgIpc) is 3.57. The van der Waals surface area contributed by atoms with E-state index >= 15 is 0 Å². The van der Waals surface area contributed by atoms with Crippen LogP contribution < -0.4 is 9.42 Å². The second-order valence-corrected chi connectivity index (χ2v) is 14.4. The second-order valence-electron chi connectivity index (χ2n) is 12.7. The fourth-order valence-electron chi connectivity index (χ4n) is 6.08. The van der Waals surface area contributed by atoms with Crippen molar-refractivity contribution in [1.29, 1.82) is 0 Å². The number of para-hydroxylation sites is 2. The van der Waals surface area contributed by atoms with E-state index < -0.39 is 36.3 Å². The van der Waals surface area contributed by atoms with Gasteiger partial charge in [-0.1, -0.05) is 96.2 Å². The van der Waals surface area contributed by atoms with Crippen LogP contribution in [0.5, 0.6) is 5.75 Å². The van der Waals surface area contributed by atoms with Crippen molar-refractivity contribution in [2.24, 2.45) is 0 Å². The number of hydrogen-bond donors (Lipinski definition) is 4. The minimum Gasteiger partial charge on any atom is -0.491 e. The van der Waals surface area contributed by atoms with E-state index in [1.807, 2.05) is 13.8 Å². The Morgan fingerprint density at radius 3 is 2.11 bits per heavy atom. The van der Waals surface area contributed by atoms with Crippen LogP contribution in [0.1, 0.15) is 46.5 Å². The Kier molecular flexibility index (Phi) is 10.3. The van der Waals surface area contributed by atoms with Crippen LogP contribution in [0.4, 0.5) is 8.78 Å². The number of aromatic carboxylic acids is 1. The zero-order valence-corrected chi connectivity index (χ0v) is 29.4. The maximum atomic E-state index is 14.7. The minimum absolute atomic E-state index is 0.0717. The first kappa shape index (κ1) is 37.0. The number of nitrogens with one attached hydrogen (secondary N) is 1. The Bertz CT molecular complexity index is 2310. The summed E-state index contributed by atoms with van der Waals surface area (Å²) in [4.78, 5) is 45.0. The summed E-state index contributed by atoms with van der Waals surface area (Å²) in [6, 6.07) is 32.1. The number of fused-ring (bicyclic) bond motifs is 1. The van der Waals surface area contributed by atoms with E-state index in [1.54, 1.807) is 95.7 Å². The van der Waals surface area contributed by atoms with Gasteiger partial charge in [0.25, 0.3) is 5.54 Å². The van der Waals surface area contributed by atoms with E-state index in [4.69, 9.17) is 9.47 Å². The molecule has 4 N–H and O–H groups in total. The lowest BCUT2D eigenvalue weighted by Crippen LogP contribution is -2.65. The van der Waals surface area contributed by atoms with Crippen molar-refractivity contribution in [3.05, 3.63) is 149 Å². The normalized spacial score (nSPS) is 13.1. The lowest BCUT2D eigenvalue weighted by Gasteiger charge is -2.29. The third-order valence-electron chi connectivity index (χ3n) is 8.67. The number of aromatic nitrogens is 3. The molecule has 6 aromatic rings. The molecule has 11 nitrogen and oxygen atoms in total. The first-order valence-electron chi connectivity index (χ1n) is 16.4. The molecular formula is C39H35F2N3O8P+. The number of hydrogen-bond acceptors (Lipinski definition) is 6. The van der Waals surface area contributed by atoms with E-state index in [-0.39, 0.29) is 24.7 Å². The maximum Gasteiger partial charge on any atom is 0.399 e. The van der Waals surface area contributed by atoms with Gasteiger partial charge in [-0.25, -0.2) is 9.59 Å². The van der Waals surface area contributed by atoms with Gasteiger partial charge in [0.2, 0.25) is 11.0 Å². The molecule has 1 heterocycles. The summed E-state index contributed by atoms with van der Waals surface area (Å²) in [6.45, 7) is 3.52. The van der Waals surface area contributed by atoms with Crippen molar-refractivity contribution in [2.75, 3.05) is 0 Å². The molecule has 0 fully saturated rings. The van der Waals surface area contributed by atoms with Gasteiger partial charge in [-0.05, 0) is 66.4 Å². The van der Waals surface area contributed by atoms with E-state index in [9.17, 15) is 37.8 Å². The van der Waals surface area contributed by atoms with Crippen molar-refractivity contribution in [1.82, 2.24) is 10.3 Å². The SMILES string of the molecule is CC(C)Oc1cc(C(=O)O)cc(-c2ccc(COC(=O)C(Cc3ccc(C(F)(F)P(=O)(O)O)cc3)(c3ccccc3)[n+]3[nH]nc4ccccc43)cc2)c1. The number of aromatic amines is 1. The number of carboxylic acids is 1. The summed E-state index contributed by atoms with van der Waals surface area (Å²) in [6.07, 6.45) is -0.296. The lowest BCUT2D eigenvalue weighted by molar-refractivity contribution is -0.771. The van der Waals surface area contributed by atoms with Gasteiger partial charge in [-0.3, -0.25) is 4.57 Å². The van der Waals surface area contributed by atoms with Gasteiger partial charge in [0.1, 0.15) is 12.4 Å². The molecule has 0 saturated carbocycles. The van der Waals surface area contributed by atoms with Gasteiger partial charge >= 0.3 is 25.2 Å². The first-order chi connectivity index (χ1) is 25.2. The van der Waals surface area contributed by atoms with Crippen LogP contribution in [0.2, 0.25) is 0 Å². The number of nitrogens with zero attached hydrogens (tertiary/aromatic N) is 2. The monoisotopic (exact) mass is 742 g/mol. The zero-order valence-electron chi connectivity index (χ0n) is 28.5. The highest BCUT2D eigenvalue weighted by Gasteiger charge is 2.52. The number of H-pyrrole nitrogens is 1. The third kappa shape index (κ3) is 7.59. The second kappa shape index (κ2) is 14.7. The molecule has 272 valence electrons. The number of carboxylic acid groups (broad SMARTS) is 1. The van der Waals surface area contributed by atoms with Crippen LogP contribution in [-0.2, 0) is 38.3 Å². The molecule has 0 amide bonds. The van der Waals surface area contributed by atoms with Gasteiger partial charge in [0.05, 0.1) is 11.7 Å². The smallest absolute Gasteiger partial charge is 0.399 e. The van der Waals surface area contributed by atoms with Crippen LogP contribution in [0, 0.1) is 0 Å². The topological polar surface area (TPSA) is 163 Å². The highest BCUT2D eigenvalue weighted by Crippen LogP contribution is 2.59. The maximum absolute atomic E-state index is 14.7. The highest BCUT2D eigenvalue weighted by atomic mass is 31.2. The van der Waals surface area contributed by atoms with Crippen LogP contribution in [0.25, 0.3) is 22.2 Å². The van der Waals surface area contributed by atoms with Gasteiger partial charge in [-0.15, -0.1) is 4.68 Å². The van der Waals surface area contributed by atoms with Crippen LogP contribution in [0.15, 0.2) is 121 Å². The number of rotatable bonds is 13. The molecule has 1 atom stereocenters. The third-order valence-corrected chi connectivity index (χ3v) is 9.66. The summed E-state index contributed by atoms with van der Waals surface area (Å²) < 4.78 is 54.0. The Hall–Kier alpha value is -5.75.